The third-order valence-corrected chi connectivity index (χ3v) is 5.28. The number of likely N-dealkylation sites (N-methyl/N-ethyl adjacent to an activating group) is 1. The zero-order valence-electron chi connectivity index (χ0n) is 18.3. The SMILES string of the molecule is CCN(C(=O)c1cc(C)ccc1-n1nccn1)[C@@H](C)Cn1cc(-c2cccc(O)c2)nn1. The number of hydrogen-bond acceptors (Lipinski definition) is 6. The predicted molar refractivity (Wildman–Crippen MR) is 119 cm³/mol. The molecule has 0 saturated heterocycles. The molecular weight excluding hydrogens is 406 g/mol. The van der Waals surface area contributed by atoms with Crippen LogP contribution in [-0.2, 0) is 6.54 Å². The number of carbonyl (C=O) groups is 1. The Balaban J connectivity index is 1.56. The fourth-order valence-corrected chi connectivity index (χ4v) is 3.70. The normalized spacial score (nSPS) is 12.0. The van der Waals surface area contributed by atoms with E-state index in [1.54, 1.807) is 40.2 Å². The highest BCUT2D eigenvalue weighted by molar-refractivity contribution is 5.98. The molecule has 0 spiro atoms. The summed E-state index contributed by atoms with van der Waals surface area (Å²) in [5.74, 6) is 0.0816. The van der Waals surface area contributed by atoms with Gasteiger partial charge in [-0.25, -0.2) is 4.68 Å². The van der Waals surface area contributed by atoms with E-state index in [2.05, 4.69) is 20.5 Å². The van der Waals surface area contributed by atoms with Crippen molar-refractivity contribution in [1.82, 2.24) is 34.9 Å². The first-order valence-corrected chi connectivity index (χ1v) is 10.4. The van der Waals surface area contributed by atoms with Crippen molar-refractivity contribution in [1.29, 1.82) is 0 Å². The Hall–Kier alpha value is -4.01. The molecule has 0 aliphatic heterocycles. The highest BCUT2D eigenvalue weighted by Crippen LogP contribution is 2.22. The van der Waals surface area contributed by atoms with Crippen molar-refractivity contribution >= 4 is 5.91 Å². The molecular formula is C23H25N7O2. The van der Waals surface area contributed by atoms with Crippen LogP contribution in [0.3, 0.4) is 0 Å². The first-order chi connectivity index (χ1) is 15.5. The highest BCUT2D eigenvalue weighted by Gasteiger charge is 2.24. The van der Waals surface area contributed by atoms with Gasteiger partial charge in [-0.1, -0.05) is 29.0 Å². The second-order valence-electron chi connectivity index (χ2n) is 7.66. The van der Waals surface area contributed by atoms with Gasteiger partial charge in [0.1, 0.15) is 11.4 Å². The molecule has 0 bridgehead atoms. The van der Waals surface area contributed by atoms with Gasteiger partial charge in [0.25, 0.3) is 5.91 Å². The Morgan fingerprint density at radius 3 is 2.66 bits per heavy atom. The lowest BCUT2D eigenvalue weighted by atomic mass is 10.1. The maximum Gasteiger partial charge on any atom is 0.256 e. The molecule has 9 heteroatoms. The first-order valence-electron chi connectivity index (χ1n) is 10.4. The number of aromatic hydroxyl groups is 1. The number of rotatable bonds is 7. The Labute approximate surface area is 185 Å². The average Bonchev–Trinajstić information content (AvgIpc) is 3.46. The monoisotopic (exact) mass is 431 g/mol. The lowest BCUT2D eigenvalue weighted by molar-refractivity contribution is 0.0684. The van der Waals surface area contributed by atoms with Crippen LogP contribution < -0.4 is 0 Å². The number of benzene rings is 2. The molecule has 32 heavy (non-hydrogen) atoms. The molecule has 1 N–H and O–H groups in total. The molecule has 1 amide bonds. The van der Waals surface area contributed by atoms with Crippen LogP contribution in [0.1, 0.15) is 29.8 Å². The topological polar surface area (TPSA) is 102 Å². The average molecular weight is 432 g/mol. The Morgan fingerprint density at radius 1 is 1.16 bits per heavy atom. The highest BCUT2D eigenvalue weighted by atomic mass is 16.3. The van der Waals surface area contributed by atoms with E-state index >= 15 is 0 Å². The van der Waals surface area contributed by atoms with E-state index < -0.39 is 0 Å². The van der Waals surface area contributed by atoms with E-state index in [1.807, 2.05) is 51.2 Å². The van der Waals surface area contributed by atoms with Crippen LogP contribution in [-0.4, -0.2) is 58.5 Å². The van der Waals surface area contributed by atoms with Crippen LogP contribution in [0.5, 0.6) is 5.75 Å². The molecule has 2 heterocycles. The largest absolute Gasteiger partial charge is 0.508 e. The summed E-state index contributed by atoms with van der Waals surface area (Å²) in [6.45, 7) is 6.91. The van der Waals surface area contributed by atoms with E-state index in [-0.39, 0.29) is 17.7 Å². The number of carbonyl (C=O) groups excluding carboxylic acids is 1. The van der Waals surface area contributed by atoms with Gasteiger partial charge in [-0.05, 0) is 45.0 Å². The van der Waals surface area contributed by atoms with Crippen LogP contribution in [0.4, 0.5) is 0 Å². The third-order valence-electron chi connectivity index (χ3n) is 5.28. The summed E-state index contributed by atoms with van der Waals surface area (Å²) in [5, 5.41) is 26.5. The molecule has 1 atom stereocenters. The number of aryl methyl sites for hydroxylation is 1. The maximum atomic E-state index is 13.5. The van der Waals surface area contributed by atoms with E-state index in [0.29, 0.717) is 30.0 Å². The molecule has 0 aliphatic rings. The molecule has 4 aromatic rings. The van der Waals surface area contributed by atoms with Gasteiger partial charge in [-0.15, -0.1) is 5.10 Å². The smallest absolute Gasteiger partial charge is 0.256 e. The Bertz CT molecular complexity index is 1220. The Morgan fingerprint density at radius 2 is 1.94 bits per heavy atom. The summed E-state index contributed by atoms with van der Waals surface area (Å²) in [4.78, 5) is 16.8. The van der Waals surface area contributed by atoms with Crippen LogP contribution in [0.15, 0.2) is 61.1 Å². The number of phenolic OH excluding ortho intramolecular Hbond substituents is 1. The summed E-state index contributed by atoms with van der Waals surface area (Å²) in [5.41, 5.74) is 3.62. The van der Waals surface area contributed by atoms with Crippen LogP contribution in [0, 0.1) is 6.92 Å². The summed E-state index contributed by atoms with van der Waals surface area (Å²) < 4.78 is 1.71. The minimum atomic E-state index is -0.134. The number of aromatic nitrogens is 6. The van der Waals surface area contributed by atoms with Crippen molar-refractivity contribution in [2.45, 2.75) is 33.4 Å². The van der Waals surface area contributed by atoms with Crippen molar-refractivity contribution in [3.63, 3.8) is 0 Å². The van der Waals surface area contributed by atoms with Gasteiger partial charge in [-0.3, -0.25) is 4.79 Å². The predicted octanol–water partition coefficient (Wildman–Crippen LogP) is 3.09. The molecule has 164 valence electrons. The fraction of sp³-hybridized carbons (Fsp3) is 0.261. The number of phenols is 1. The van der Waals surface area contributed by atoms with Gasteiger partial charge in [0, 0.05) is 18.2 Å². The number of hydrogen-bond donors (Lipinski definition) is 1. The van der Waals surface area contributed by atoms with Crippen LogP contribution in [0.25, 0.3) is 16.9 Å². The summed E-state index contributed by atoms with van der Waals surface area (Å²) >= 11 is 0. The molecule has 2 aromatic heterocycles. The van der Waals surface area contributed by atoms with Gasteiger partial charge in [0.15, 0.2) is 0 Å². The molecule has 0 saturated carbocycles. The molecule has 2 aromatic carbocycles. The van der Waals surface area contributed by atoms with Crippen molar-refractivity contribution in [2.24, 2.45) is 0 Å². The summed E-state index contributed by atoms with van der Waals surface area (Å²) in [6, 6.07) is 12.4. The first kappa shape index (κ1) is 21.2. The van der Waals surface area contributed by atoms with E-state index in [4.69, 9.17) is 0 Å². The second-order valence-corrected chi connectivity index (χ2v) is 7.66. The zero-order chi connectivity index (χ0) is 22.7. The van der Waals surface area contributed by atoms with Gasteiger partial charge >= 0.3 is 0 Å². The molecule has 0 aliphatic carbocycles. The fourth-order valence-electron chi connectivity index (χ4n) is 3.70. The molecule has 0 unspecified atom stereocenters. The summed E-state index contributed by atoms with van der Waals surface area (Å²) in [7, 11) is 0. The van der Waals surface area contributed by atoms with Gasteiger partial charge in [0.05, 0.1) is 36.4 Å². The van der Waals surface area contributed by atoms with Gasteiger partial charge < -0.3 is 10.0 Å². The molecule has 0 radical (unpaired) electrons. The Kier molecular flexibility index (Phi) is 5.98. The van der Waals surface area contributed by atoms with Crippen molar-refractivity contribution in [3.05, 3.63) is 72.2 Å². The van der Waals surface area contributed by atoms with Crippen molar-refractivity contribution in [3.8, 4) is 22.7 Å². The molecule has 4 rings (SSSR count). The molecule has 9 nitrogen and oxygen atoms in total. The van der Waals surface area contributed by atoms with E-state index in [1.165, 1.54) is 4.80 Å². The number of amides is 1. The van der Waals surface area contributed by atoms with E-state index in [9.17, 15) is 9.90 Å². The van der Waals surface area contributed by atoms with Crippen LogP contribution in [0.2, 0.25) is 0 Å². The standard InChI is InChI=1S/C23H25N7O2/c1-4-29(23(32)20-12-16(2)8-9-22(20)30-24-10-11-25-30)17(3)14-28-15-21(26-27-28)18-6-5-7-19(31)13-18/h5-13,15,17,31H,4,14H2,1-3H3/t17-/m0/s1. The minimum absolute atomic E-state index is 0.0932. The van der Waals surface area contributed by atoms with Crippen molar-refractivity contribution < 1.29 is 9.90 Å². The van der Waals surface area contributed by atoms with Crippen LogP contribution >= 0.6 is 0 Å². The van der Waals surface area contributed by atoms with Gasteiger partial charge in [-0.2, -0.15) is 15.0 Å². The lowest BCUT2D eigenvalue weighted by Crippen LogP contribution is -2.41. The quantitative estimate of drug-likeness (QED) is 0.482. The second kappa shape index (κ2) is 9.01. The molecule has 0 fully saturated rings. The third kappa shape index (κ3) is 4.36. The minimum Gasteiger partial charge on any atom is -0.508 e. The summed E-state index contributed by atoms with van der Waals surface area (Å²) in [6.07, 6.45) is 4.99. The number of nitrogens with zero attached hydrogens (tertiary/aromatic N) is 7. The van der Waals surface area contributed by atoms with Gasteiger partial charge in [0.2, 0.25) is 0 Å². The van der Waals surface area contributed by atoms with E-state index in [0.717, 1.165) is 11.1 Å². The maximum absolute atomic E-state index is 13.5. The van der Waals surface area contributed by atoms with Crippen molar-refractivity contribution in [2.75, 3.05) is 6.54 Å². The zero-order valence-corrected chi connectivity index (χ0v) is 18.3. The lowest BCUT2D eigenvalue weighted by Gasteiger charge is -2.28.